The van der Waals surface area contributed by atoms with Crippen molar-refractivity contribution in [1.29, 1.82) is 0 Å². The Morgan fingerprint density at radius 1 is 1.44 bits per heavy atom. The predicted octanol–water partition coefficient (Wildman–Crippen LogP) is 1.31. The lowest BCUT2D eigenvalue weighted by Gasteiger charge is -2.15. The van der Waals surface area contributed by atoms with Crippen LogP contribution in [0.5, 0.6) is 0 Å². The highest BCUT2D eigenvalue weighted by Crippen LogP contribution is 2.19. The Bertz CT molecular complexity index is 109. The summed E-state index contributed by atoms with van der Waals surface area (Å²) in [5.41, 5.74) is -0.822. The van der Waals surface area contributed by atoms with Crippen LogP contribution in [-0.4, -0.2) is 18.7 Å². The van der Waals surface area contributed by atoms with Crippen LogP contribution in [0.15, 0.2) is 12.1 Å². The third-order valence-electron chi connectivity index (χ3n) is 0.896. The molecule has 5 heteroatoms. The zero-order chi connectivity index (χ0) is 7.49. The summed E-state index contributed by atoms with van der Waals surface area (Å²) in [6.45, 7) is -2.65. The lowest BCUT2D eigenvalue weighted by molar-refractivity contribution is 0.298. The summed E-state index contributed by atoms with van der Waals surface area (Å²) in [6.07, 6.45) is -0.372. The maximum Gasteiger partial charge on any atom is 0.505 e. The van der Waals surface area contributed by atoms with Gasteiger partial charge in [0, 0.05) is 6.61 Å². The van der Waals surface area contributed by atoms with Crippen molar-refractivity contribution < 1.29 is 18.1 Å². The molecule has 0 spiro atoms. The van der Waals surface area contributed by atoms with Crippen molar-refractivity contribution in [3.63, 3.8) is 0 Å². The van der Waals surface area contributed by atoms with Gasteiger partial charge in [-0.15, -0.1) is 12.1 Å². The van der Waals surface area contributed by atoms with Crippen LogP contribution in [0.1, 0.15) is 6.42 Å². The second-order valence-electron chi connectivity index (χ2n) is 1.71. The lowest BCUT2D eigenvalue weighted by Crippen LogP contribution is -2.19. The van der Waals surface area contributed by atoms with Crippen LogP contribution in [0.3, 0.4) is 0 Å². The van der Waals surface area contributed by atoms with Crippen molar-refractivity contribution >= 4 is 6.98 Å². The van der Waals surface area contributed by atoms with Crippen molar-refractivity contribution in [3.05, 3.63) is 12.1 Å². The van der Waals surface area contributed by atoms with Crippen molar-refractivity contribution in [2.75, 3.05) is 6.61 Å². The molecule has 0 aromatic carbocycles. The van der Waals surface area contributed by atoms with Gasteiger partial charge in [0.05, 0.1) is 0 Å². The molecule has 0 rings (SSSR count). The monoisotopic (exact) mass is 139 g/mol. The van der Waals surface area contributed by atoms with Gasteiger partial charge in [-0.05, 0) is 6.42 Å². The molecule has 1 N–H and O–H groups in total. The standard InChI is InChI=1S/C4H7BF3O/c1-4(2-3-9)5(6,7)8/h9H,1-3H2/q-1. The quantitative estimate of drug-likeness (QED) is 0.584. The van der Waals surface area contributed by atoms with E-state index in [0.29, 0.717) is 0 Å². The molecule has 0 fully saturated rings. The fraction of sp³-hybridized carbons (Fsp3) is 0.500. The summed E-state index contributed by atoms with van der Waals surface area (Å²) in [6, 6.07) is 0. The maximum atomic E-state index is 11.5. The predicted molar refractivity (Wildman–Crippen MR) is 29.9 cm³/mol. The highest BCUT2D eigenvalue weighted by molar-refractivity contribution is 6.66. The Labute approximate surface area is 51.2 Å². The highest BCUT2D eigenvalue weighted by Gasteiger charge is 2.25. The van der Waals surface area contributed by atoms with Crippen molar-refractivity contribution in [1.82, 2.24) is 0 Å². The van der Waals surface area contributed by atoms with E-state index in [-0.39, 0.29) is 6.42 Å². The first-order valence-corrected chi connectivity index (χ1v) is 2.47. The number of halogens is 3. The van der Waals surface area contributed by atoms with Crippen LogP contribution < -0.4 is 0 Å². The van der Waals surface area contributed by atoms with E-state index in [1.54, 1.807) is 0 Å². The molecule has 0 amide bonds. The summed E-state index contributed by atoms with van der Waals surface area (Å²) < 4.78 is 34.5. The molecule has 0 radical (unpaired) electrons. The Kier molecular flexibility index (Phi) is 2.77. The van der Waals surface area contributed by atoms with Crippen molar-refractivity contribution in [2.24, 2.45) is 0 Å². The molecule has 0 aliphatic heterocycles. The number of hydrogen-bond donors (Lipinski definition) is 1. The van der Waals surface area contributed by atoms with Crippen molar-refractivity contribution in [3.8, 4) is 0 Å². The lowest BCUT2D eigenvalue weighted by atomic mass is 9.79. The Morgan fingerprint density at radius 2 is 1.89 bits per heavy atom. The number of hydrogen-bond acceptors (Lipinski definition) is 1. The summed E-state index contributed by atoms with van der Waals surface area (Å²) in [7, 11) is 0. The molecule has 0 atom stereocenters. The first kappa shape index (κ1) is 8.55. The molecule has 9 heavy (non-hydrogen) atoms. The molecule has 54 valence electrons. The fourth-order valence-corrected chi connectivity index (χ4v) is 0.307. The average molecular weight is 139 g/mol. The Morgan fingerprint density at radius 3 is 2.00 bits per heavy atom. The van der Waals surface area contributed by atoms with E-state index in [1.165, 1.54) is 0 Å². The largest absolute Gasteiger partial charge is 0.505 e. The van der Waals surface area contributed by atoms with Crippen LogP contribution >= 0.6 is 0 Å². The van der Waals surface area contributed by atoms with Gasteiger partial charge in [0.25, 0.3) is 0 Å². The normalized spacial score (nSPS) is 11.6. The minimum absolute atomic E-state index is 0.372. The van der Waals surface area contributed by atoms with E-state index in [1.807, 2.05) is 0 Å². The van der Waals surface area contributed by atoms with Gasteiger partial charge in [-0.3, -0.25) is 0 Å². The first-order valence-electron chi connectivity index (χ1n) is 2.47. The topological polar surface area (TPSA) is 20.2 Å². The van der Waals surface area contributed by atoms with Crippen LogP contribution in [0.4, 0.5) is 12.9 Å². The van der Waals surface area contributed by atoms with E-state index in [4.69, 9.17) is 5.11 Å². The molecule has 0 unspecified atom stereocenters. The van der Waals surface area contributed by atoms with Gasteiger partial charge in [-0.2, -0.15) is 0 Å². The molecular weight excluding hydrogens is 132 g/mol. The molecule has 0 bridgehead atoms. The smallest absolute Gasteiger partial charge is 0.445 e. The second-order valence-corrected chi connectivity index (χ2v) is 1.71. The second kappa shape index (κ2) is 2.91. The van der Waals surface area contributed by atoms with Crippen LogP contribution in [-0.2, 0) is 0 Å². The van der Waals surface area contributed by atoms with E-state index < -0.39 is 19.1 Å². The first-order chi connectivity index (χ1) is 3.98. The average Bonchev–Trinajstić information content (AvgIpc) is 1.64. The molecule has 0 saturated carbocycles. The number of aliphatic hydroxyl groups excluding tert-OH is 1. The maximum absolute atomic E-state index is 11.5. The van der Waals surface area contributed by atoms with E-state index >= 15 is 0 Å². The highest BCUT2D eigenvalue weighted by atomic mass is 19.4. The molecule has 0 aliphatic carbocycles. The molecule has 1 nitrogen and oxygen atoms in total. The van der Waals surface area contributed by atoms with Crippen LogP contribution in [0, 0.1) is 0 Å². The van der Waals surface area contributed by atoms with E-state index in [0.717, 1.165) is 0 Å². The Hall–Kier alpha value is -0.445. The third kappa shape index (κ3) is 3.19. The van der Waals surface area contributed by atoms with Gasteiger partial charge in [0.15, 0.2) is 0 Å². The van der Waals surface area contributed by atoms with Gasteiger partial charge < -0.3 is 18.1 Å². The number of aliphatic hydroxyl groups is 1. The minimum Gasteiger partial charge on any atom is -0.445 e. The molecule has 0 aromatic rings. The SMILES string of the molecule is C=C(CCO)[B-](F)(F)F. The van der Waals surface area contributed by atoms with Crippen LogP contribution in [0.25, 0.3) is 0 Å². The molecule has 0 aromatic heterocycles. The zero-order valence-corrected chi connectivity index (χ0v) is 4.78. The molecule has 0 heterocycles. The summed E-state index contributed by atoms with van der Waals surface area (Å²) >= 11 is 0. The minimum atomic E-state index is -4.93. The molecular formula is C4H7BF3O-. The third-order valence-corrected chi connectivity index (χ3v) is 0.896. The zero-order valence-electron chi connectivity index (χ0n) is 4.78. The van der Waals surface area contributed by atoms with Gasteiger partial charge in [-0.1, -0.05) is 0 Å². The van der Waals surface area contributed by atoms with Gasteiger partial charge in [0.2, 0.25) is 0 Å². The molecule has 0 saturated heterocycles. The summed E-state index contributed by atoms with van der Waals surface area (Å²) in [5.74, 6) is 0. The Balaban J connectivity index is 3.74. The van der Waals surface area contributed by atoms with E-state index in [9.17, 15) is 12.9 Å². The number of rotatable bonds is 3. The van der Waals surface area contributed by atoms with Gasteiger partial charge in [-0.25, -0.2) is 0 Å². The summed E-state index contributed by atoms with van der Waals surface area (Å²) in [4.78, 5) is 0. The fourth-order valence-electron chi connectivity index (χ4n) is 0.307. The molecule has 0 aliphatic rings. The van der Waals surface area contributed by atoms with Gasteiger partial charge >= 0.3 is 6.98 Å². The summed E-state index contributed by atoms with van der Waals surface area (Å²) in [5, 5.41) is 8.05. The van der Waals surface area contributed by atoms with Gasteiger partial charge in [0.1, 0.15) is 0 Å². The van der Waals surface area contributed by atoms with Crippen molar-refractivity contribution in [2.45, 2.75) is 6.42 Å². The van der Waals surface area contributed by atoms with Crippen LogP contribution in [0.2, 0.25) is 0 Å². The van der Waals surface area contributed by atoms with E-state index in [2.05, 4.69) is 6.58 Å².